The smallest absolute Gasteiger partial charge is 0.328 e. The number of furan rings is 1. The number of fused-ring (bicyclic) bond motifs is 1. The minimum atomic E-state index is -0.753. The van der Waals surface area contributed by atoms with Gasteiger partial charge in [0.15, 0.2) is 5.76 Å². The highest BCUT2D eigenvalue weighted by molar-refractivity contribution is 6.00. The van der Waals surface area contributed by atoms with Gasteiger partial charge in [0.1, 0.15) is 17.4 Å². The van der Waals surface area contributed by atoms with E-state index in [1.807, 2.05) is 13.8 Å². The van der Waals surface area contributed by atoms with Crippen molar-refractivity contribution in [3.05, 3.63) is 35.3 Å². The molecule has 23 heavy (non-hydrogen) atoms. The van der Waals surface area contributed by atoms with Gasteiger partial charge in [0, 0.05) is 10.9 Å². The lowest BCUT2D eigenvalue weighted by Crippen LogP contribution is -2.42. The second-order valence-electron chi connectivity index (χ2n) is 5.88. The summed E-state index contributed by atoms with van der Waals surface area (Å²) < 4.78 is 23.6. The number of halogens is 1. The van der Waals surface area contributed by atoms with Crippen molar-refractivity contribution in [2.75, 3.05) is 7.11 Å². The maximum atomic E-state index is 13.3. The van der Waals surface area contributed by atoms with Gasteiger partial charge in [-0.3, -0.25) is 4.79 Å². The summed E-state index contributed by atoms with van der Waals surface area (Å²) in [4.78, 5) is 24.2. The third-order valence-corrected chi connectivity index (χ3v) is 3.60. The Morgan fingerprint density at radius 2 is 2.04 bits per heavy atom. The van der Waals surface area contributed by atoms with E-state index in [9.17, 15) is 14.0 Å². The molecule has 0 bridgehead atoms. The van der Waals surface area contributed by atoms with Crippen LogP contribution in [-0.2, 0) is 9.53 Å². The zero-order chi connectivity index (χ0) is 17.1. The highest BCUT2D eigenvalue weighted by Crippen LogP contribution is 2.26. The van der Waals surface area contributed by atoms with E-state index < -0.39 is 23.7 Å². The molecule has 0 saturated heterocycles. The number of hydrogen-bond donors (Lipinski definition) is 1. The summed E-state index contributed by atoms with van der Waals surface area (Å²) >= 11 is 0. The molecule has 1 aromatic carbocycles. The number of aryl methyl sites for hydroxylation is 1. The van der Waals surface area contributed by atoms with Crippen LogP contribution in [0.15, 0.2) is 22.6 Å². The van der Waals surface area contributed by atoms with Gasteiger partial charge in [-0.25, -0.2) is 9.18 Å². The Balaban J connectivity index is 2.28. The van der Waals surface area contributed by atoms with Crippen molar-refractivity contribution in [2.45, 2.75) is 33.2 Å². The van der Waals surface area contributed by atoms with Crippen molar-refractivity contribution in [2.24, 2.45) is 5.92 Å². The normalized spacial score (nSPS) is 12.4. The molecule has 0 aliphatic carbocycles. The molecule has 5 nitrogen and oxygen atoms in total. The fourth-order valence-corrected chi connectivity index (χ4v) is 2.46. The van der Waals surface area contributed by atoms with E-state index in [0.717, 1.165) is 0 Å². The topological polar surface area (TPSA) is 68.5 Å². The monoisotopic (exact) mass is 321 g/mol. The van der Waals surface area contributed by atoms with E-state index in [1.54, 1.807) is 6.92 Å². The van der Waals surface area contributed by atoms with Gasteiger partial charge in [0.25, 0.3) is 5.91 Å². The second kappa shape index (κ2) is 6.81. The summed E-state index contributed by atoms with van der Waals surface area (Å²) in [5.41, 5.74) is 0.956. The predicted molar refractivity (Wildman–Crippen MR) is 83.6 cm³/mol. The summed E-state index contributed by atoms with van der Waals surface area (Å²) in [6.07, 6.45) is 0.451. The summed E-state index contributed by atoms with van der Waals surface area (Å²) in [7, 11) is 1.27. The van der Waals surface area contributed by atoms with Crippen molar-refractivity contribution in [1.82, 2.24) is 5.32 Å². The van der Waals surface area contributed by atoms with Crippen LogP contribution < -0.4 is 5.32 Å². The molecule has 1 N–H and O–H groups in total. The van der Waals surface area contributed by atoms with Gasteiger partial charge in [0.05, 0.1) is 7.11 Å². The van der Waals surface area contributed by atoms with Crippen LogP contribution in [0.25, 0.3) is 11.0 Å². The Labute approximate surface area is 133 Å². The van der Waals surface area contributed by atoms with E-state index in [0.29, 0.717) is 23.0 Å². The van der Waals surface area contributed by atoms with E-state index in [-0.39, 0.29) is 11.7 Å². The molecule has 0 fully saturated rings. The number of amides is 1. The third kappa shape index (κ3) is 3.70. The maximum Gasteiger partial charge on any atom is 0.328 e. The zero-order valence-corrected chi connectivity index (χ0v) is 13.6. The summed E-state index contributed by atoms with van der Waals surface area (Å²) in [5.74, 6) is -1.16. The molecule has 0 aliphatic heterocycles. The van der Waals surface area contributed by atoms with Gasteiger partial charge in [-0.05, 0) is 37.5 Å². The van der Waals surface area contributed by atoms with E-state index in [1.165, 1.54) is 25.3 Å². The summed E-state index contributed by atoms with van der Waals surface area (Å²) in [5, 5.41) is 3.17. The molecule has 0 radical (unpaired) electrons. The molecule has 2 aromatic rings. The maximum absolute atomic E-state index is 13.3. The van der Waals surface area contributed by atoms with E-state index >= 15 is 0 Å². The zero-order valence-electron chi connectivity index (χ0n) is 13.6. The SMILES string of the molecule is COC(=O)[C@H](CC(C)C)NC(=O)c1oc2ccc(F)cc2c1C. The van der Waals surface area contributed by atoms with Gasteiger partial charge in [0.2, 0.25) is 0 Å². The van der Waals surface area contributed by atoms with Crippen LogP contribution >= 0.6 is 0 Å². The van der Waals surface area contributed by atoms with Crippen LogP contribution in [0.4, 0.5) is 4.39 Å². The first-order chi connectivity index (χ1) is 10.8. The van der Waals surface area contributed by atoms with Crippen molar-refractivity contribution < 1.29 is 23.1 Å². The van der Waals surface area contributed by atoms with Crippen molar-refractivity contribution in [3.8, 4) is 0 Å². The number of rotatable bonds is 5. The number of methoxy groups -OCH3 is 1. The Morgan fingerprint density at radius 1 is 1.35 bits per heavy atom. The molecule has 0 aliphatic rings. The van der Waals surface area contributed by atoms with Crippen molar-refractivity contribution >= 4 is 22.8 Å². The molecule has 2 rings (SSSR count). The van der Waals surface area contributed by atoms with Crippen LogP contribution in [0.3, 0.4) is 0 Å². The number of carbonyl (C=O) groups excluding carboxylic acids is 2. The largest absolute Gasteiger partial charge is 0.467 e. The van der Waals surface area contributed by atoms with Gasteiger partial charge in [-0.1, -0.05) is 13.8 Å². The third-order valence-electron chi connectivity index (χ3n) is 3.60. The average Bonchev–Trinajstić information content (AvgIpc) is 2.82. The minimum absolute atomic E-state index is 0.0725. The van der Waals surface area contributed by atoms with Gasteiger partial charge in [-0.15, -0.1) is 0 Å². The molecular weight excluding hydrogens is 301 g/mol. The highest BCUT2D eigenvalue weighted by atomic mass is 19.1. The molecule has 0 unspecified atom stereocenters. The van der Waals surface area contributed by atoms with Gasteiger partial charge in [-0.2, -0.15) is 0 Å². The molecule has 0 spiro atoms. The lowest BCUT2D eigenvalue weighted by atomic mass is 10.0. The number of carbonyl (C=O) groups is 2. The first kappa shape index (κ1) is 17.0. The quantitative estimate of drug-likeness (QED) is 0.859. The minimum Gasteiger partial charge on any atom is -0.467 e. The molecule has 1 atom stereocenters. The fourth-order valence-electron chi connectivity index (χ4n) is 2.46. The van der Waals surface area contributed by atoms with Crippen molar-refractivity contribution in [1.29, 1.82) is 0 Å². The number of ether oxygens (including phenoxy) is 1. The standard InChI is InChI=1S/C17H20FNO4/c1-9(2)7-13(17(21)22-4)19-16(20)15-10(3)12-8-11(18)5-6-14(12)23-15/h5-6,8-9,13H,7H2,1-4H3,(H,19,20)/t13-/m0/s1. The van der Waals surface area contributed by atoms with Crippen LogP contribution in [0.5, 0.6) is 0 Å². The Bertz CT molecular complexity index is 736. The predicted octanol–water partition coefficient (Wildman–Crippen LogP) is 3.20. The first-order valence-electron chi connectivity index (χ1n) is 7.40. The Kier molecular flexibility index (Phi) is 5.03. The molecule has 1 amide bonds. The van der Waals surface area contributed by atoms with Crippen molar-refractivity contribution in [3.63, 3.8) is 0 Å². The van der Waals surface area contributed by atoms with Crippen LogP contribution in [0.2, 0.25) is 0 Å². The van der Waals surface area contributed by atoms with E-state index in [2.05, 4.69) is 5.32 Å². The summed E-state index contributed by atoms with van der Waals surface area (Å²) in [6.45, 7) is 5.56. The Morgan fingerprint density at radius 3 is 2.65 bits per heavy atom. The van der Waals surface area contributed by atoms with Gasteiger partial charge < -0.3 is 14.5 Å². The molecule has 124 valence electrons. The molecule has 1 aromatic heterocycles. The fraction of sp³-hybridized carbons (Fsp3) is 0.412. The van der Waals surface area contributed by atoms with Crippen LogP contribution in [0.1, 0.15) is 36.4 Å². The lowest BCUT2D eigenvalue weighted by Gasteiger charge is -2.17. The van der Waals surface area contributed by atoms with Gasteiger partial charge >= 0.3 is 5.97 Å². The summed E-state index contributed by atoms with van der Waals surface area (Å²) in [6, 6.07) is 3.30. The molecular formula is C17H20FNO4. The number of hydrogen-bond acceptors (Lipinski definition) is 4. The van der Waals surface area contributed by atoms with E-state index in [4.69, 9.17) is 9.15 Å². The Hall–Kier alpha value is -2.37. The molecule has 6 heteroatoms. The number of esters is 1. The van der Waals surface area contributed by atoms with Crippen LogP contribution in [-0.4, -0.2) is 25.0 Å². The first-order valence-corrected chi connectivity index (χ1v) is 7.40. The second-order valence-corrected chi connectivity index (χ2v) is 5.88. The number of benzene rings is 1. The van der Waals surface area contributed by atoms with Crippen LogP contribution in [0, 0.1) is 18.7 Å². The molecule has 1 heterocycles. The lowest BCUT2D eigenvalue weighted by molar-refractivity contribution is -0.143. The number of nitrogens with one attached hydrogen (secondary N) is 1. The average molecular weight is 321 g/mol. The molecule has 0 saturated carbocycles. The highest BCUT2D eigenvalue weighted by Gasteiger charge is 2.26.